The minimum Gasteiger partial charge on any atom is -0.391 e. The SMILES string of the molecule is CC(O)C(OCC(C)(C)C)C(C)(C)C. The maximum Gasteiger partial charge on any atom is 0.0879 e. The lowest BCUT2D eigenvalue weighted by molar-refractivity contribution is -0.103. The molecule has 0 spiro atoms. The highest BCUT2D eigenvalue weighted by Crippen LogP contribution is 2.27. The van der Waals surface area contributed by atoms with Crippen LogP contribution in [0.4, 0.5) is 0 Å². The van der Waals surface area contributed by atoms with E-state index in [-0.39, 0.29) is 16.9 Å². The Labute approximate surface area is 88.7 Å². The van der Waals surface area contributed by atoms with Gasteiger partial charge in [0.1, 0.15) is 0 Å². The van der Waals surface area contributed by atoms with E-state index in [1.807, 2.05) is 0 Å². The van der Waals surface area contributed by atoms with Crippen molar-refractivity contribution in [3.63, 3.8) is 0 Å². The van der Waals surface area contributed by atoms with Crippen LogP contribution >= 0.6 is 0 Å². The van der Waals surface area contributed by atoms with Crippen LogP contribution in [0, 0.1) is 10.8 Å². The minimum absolute atomic E-state index is 0.0145. The molecule has 0 aromatic carbocycles. The number of aliphatic hydroxyl groups excluding tert-OH is 1. The highest BCUT2D eigenvalue weighted by molar-refractivity contribution is 4.79. The minimum atomic E-state index is -0.419. The summed E-state index contributed by atoms with van der Waals surface area (Å²) in [4.78, 5) is 0. The molecule has 0 saturated heterocycles. The standard InChI is InChI=1S/C12H26O2/c1-9(13)10(12(5,6)7)14-8-11(2,3)4/h9-10,13H,8H2,1-7H3. The Morgan fingerprint density at radius 1 is 1.07 bits per heavy atom. The molecule has 0 bridgehead atoms. The molecule has 0 aliphatic carbocycles. The number of aliphatic hydroxyl groups is 1. The smallest absolute Gasteiger partial charge is 0.0879 e. The summed E-state index contributed by atoms with van der Waals surface area (Å²) in [6.07, 6.45) is -0.515. The molecular weight excluding hydrogens is 176 g/mol. The molecule has 86 valence electrons. The first-order valence-electron chi connectivity index (χ1n) is 5.34. The van der Waals surface area contributed by atoms with Crippen LogP contribution < -0.4 is 0 Å². The molecule has 0 aliphatic heterocycles. The van der Waals surface area contributed by atoms with Gasteiger partial charge >= 0.3 is 0 Å². The average Bonchev–Trinajstić information content (AvgIpc) is 1.79. The van der Waals surface area contributed by atoms with Crippen molar-refractivity contribution in [2.75, 3.05) is 6.61 Å². The normalized spacial score (nSPS) is 18.0. The molecule has 2 nitrogen and oxygen atoms in total. The van der Waals surface area contributed by atoms with Gasteiger partial charge in [0.25, 0.3) is 0 Å². The zero-order valence-electron chi connectivity index (χ0n) is 10.7. The maximum atomic E-state index is 9.62. The van der Waals surface area contributed by atoms with Crippen molar-refractivity contribution < 1.29 is 9.84 Å². The van der Waals surface area contributed by atoms with Crippen LogP contribution in [0.25, 0.3) is 0 Å². The van der Waals surface area contributed by atoms with Gasteiger partial charge in [-0.15, -0.1) is 0 Å². The van der Waals surface area contributed by atoms with Crippen molar-refractivity contribution >= 4 is 0 Å². The van der Waals surface area contributed by atoms with E-state index in [2.05, 4.69) is 41.5 Å². The zero-order chi connectivity index (χ0) is 11.6. The fourth-order valence-corrected chi connectivity index (χ4v) is 1.45. The predicted molar refractivity (Wildman–Crippen MR) is 60.3 cm³/mol. The molecule has 0 aromatic rings. The molecule has 2 heteroatoms. The number of ether oxygens (including phenoxy) is 1. The second-order valence-corrected chi connectivity index (χ2v) is 6.40. The van der Waals surface area contributed by atoms with Crippen LogP contribution in [0.1, 0.15) is 48.5 Å². The highest BCUT2D eigenvalue weighted by Gasteiger charge is 2.30. The summed E-state index contributed by atoms with van der Waals surface area (Å²) >= 11 is 0. The van der Waals surface area contributed by atoms with E-state index in [0.717, 1.165) is 0 Å². The van der Waals surface area contributed by atoms with E-state index in [9.17, 15) is 5.11 Å². The summed E-state index contributed by atoms with van der Waals surface area (Å²) in [5.41, 5.74) is 0.137. The van der Waals surface area contributed by atoms with Gasteiger partial charge in [-0.2, -0.15) is 0 Å². The van der Waals surface area contributed by atoms with Crippen molar-refractivity contribution in [3.05, 3.63) is 0 Å². The van der Waals surface area contributed by atoms with Crippen LogP contribution in [0.5, 0.6) is 0 Å². The van der Waals surface area contributed by atoms with Crippen LogP contribution in [0.2, 0.25) is 0 Å². The van der Waals surface area contributed by atoms with Crippen molar-refractivity contribution in [2.24, 2.45) is 10.8 Å². The predicted octanol–water partition coefficient (Wildman–Crippen LogP) is 2.84. The van der Waals surface area contributed by atoms with E-state index in [0.29, 0.717) is 6.61 Å². The molecule has 0 aliphatic rings. The number of rotatable bonds is 3. The van der Waals surface area contributed by atoms with Gasteiger partial charge in [0.15, 0.2) is 0 Å². The maximum absolute atomic E-state index is 9.62. The summed E-state index contributed by atoms with van der Waals surface area (Å²) in [5.74, 6) is 0. The van der Waals surface area contributed by atoms with Crippen LogP contribution in [-0.2, 0) is 4.74 Å². The van der Waals surface area contributed by atoms with Crippen molar-refractivity contribution in [2.45, 2.75) is 60.7 Å². The van der Waals surface area contributed by atoms with Gasteiger partial charge < -0.3 is 9.84 Å². The Bertz CT molecular complexity index is 160. The molecule has 2 atom stereocenters. The first-order chi connectivity index (χ1) is 6.04. The fraction of sp³-hybridized carbons (Fsp3) is 1.00. The number of hydrogen-bond donors (Lipinski definition) is 1. The number of hydrogen-bond acceptors (Lipinski definition) is 2. The van der Waals surface area contributed by atoms with E-state index in [4.69, 9.17) is 4.74 Å². The van der Waals surface area contributed by atoms with Crippen LogP contribution in [-0.4, -0.2) is 23.9 Å². The second-order valence-electron chi connectivity index (χ2n) is 6.40. The van der Waals surface area contributed by atoms with Gasteiger partial charge in [0, 0.05) is 0 Å². The van der Waals surface area contributed by atoms with Gasteiger partial charge in [0.05, 0.1) is 18.8 Å². The Balaban J connectivity index is 4.27. The first kappa shape index (κ1) is 13.9. The molecule has 0 heterocycles. The molecule has 14 heavy (non-hydrogen) atoms. The van der Waals surface area contributed by atoms with Gasteiger partial charge in [-0.25, -0.2) is 0 Å². The largest absolute Gasteiger partial charge is 0.391 e. The quantitative estimate of drug-likeness (QED) is 0.762. The monoisotopic (exact) mass is 202 g/mol. The zero-order valence-corrected chi connectivity index (χ0v) is 10.7. The lowest BCUT2D eigenvalue weighted by atomic mass is 9.86. The third-order valence-corrected chi connectivity index (χ3v) is 1.99. The molecule has 0 rings (SSSR count). The van der Waals surface area contributed by atoms with Gasteiger partial charge in [-0.05, 0) is 17.8 Å². The lowest BCUT2D eigenvalue weighted by Gasteiger charge is -2.35. The molecule has 0 saturated carbocycles. The Hall–Kier alpha value is -0.0800. The molecule has 0 fully saturated rings. The Morgan fingerprint density at radius 3 is 1.71 bits per heavy atom. The van der Waals surface area contributed by atoms with Gasteiger partial charge in [0.2, 0.25) is 0 Å². The van der Waals surface area contributed by atoms with Gasteiger partial charge in [-0.1, -0.05) is 41.5 Å². The van der Waals surface area contributed by atoms with E-state index in [1.54, 1.807) is 6.92 Å². The summed E-state index contributed by atoms with van der Waals surface area (Å²) in [6, 6.07) is 0. The molecule has 1 N–H and O–H groups in total. The van der Waals surface area contributed by atoms with E-state index in [1.165, 1.54) is 0 Å². The van der Waals surface area contributed by atoms with Crippen molar-refractivity contribution in [1.82, 2.24) is 0 Å². The van der Waals surface area contributed by atoms with Crippen molar-refractivity contribution in [3.8, 4) is 0 Å². The molecule has 0 radical (unpaired) electrons. The van der Waals surface area contributed by atoms with E-state index < -0.39 is 6.10 Å². The second kappa shape index (κ2) is 4.63. The Morgan fingerprint density at radius 2 is 1.50 bits per heavy atom. The van der Waals surface area contributed by atoms with Gasteiger partial charge in [-0.3, -0.25) is 0 Å². The summed E-state index contributed by atoms with van der Waals surface area (Å²) in [5, 5.41) is 9.62. The first-order valence-corrected chi connectivity index (χ1v) is 5.34. The summed E-state index contributed by atoms with van der Waals surface area (Å²) in [7, 11) is 0. The summed E-state index contributed by atoms with van der Waals surface area (Å²) in [6.45, 7) is 15.1. The topological polar surface area (TPSA) is 29.5 Å². The molecule has 2 unspecified atom stereocenters. The van der Waals surface area contributed by atoms with Crippen LogP contribution in [0.15, 0.2) is 0 Å². The molecule has 0 amide bonds. The average molecular weight is 202 g/mol. The van der Waals surface area contributed by atoms with Crippen molar-refractivity contribution in [1.29, 1.82) is 0 Å². The third-order valence-electron chi connectivity index (χ3n) is 1.99. The highest BCUT2D eigenvalue weighted by atomic mass is 16.5. The van der Waals surface area contributed by atoms with Crippen LogP contribution in [0.3, 0.4) is 0 Å². The third kappa shape index (κ3) is 5.61. The fourth-order valence-electron chi connectivity index (χ4n) is 1.45. The molecular formula is C12H26O2. The summed E-state index contributed by atoms with van der Waals surface area (Å²) < 4.78 is 5.78. The lowest BCUT2D eigenvalue weighted by Crippen LogP contribution is -2.40. The molecule has 0 aromatic heterocycles. The van der Waals surface area contributed by atoms with E-state index >= 15 is 0 Å². The Kier molecular flexibility index (Phi) is 4.60.